The molecule has 1 aliphatic rings. The van der Waals surface area contributed by atoms with Crippen LogP contribution in [0.2, 0.25) is 12.6 Å². The van der Waals surface area contributed by atoms with Crippen LogP contribution in [0.15, 0.2) is 18.2 Å². The third kappa shape index (κ3) is 3.07. The second-order valence-electron chi connectivity index (χ2n) is 6.17. The number of nitrogens with two attached hydrogens (primary N) is 1. The summed E-state index contributed by atoms with van der Waals surface area (Å²) in [6, 6.07) is 6.38. The standard InChI is InChI=1S/C17H16BN5O2/c19-8-11-15(10-3-2-6-18(7-10)9-20)22-17(23-16(11)21)14-12(24)4-1-5-13(14)25/h1,4-5,10,24-25H,2-3,6-7H2,(H2,21,22,23). The molecule has 2 aromatic rings. The molecule has 1 aromatic heterocycles. The van der Waals surface area contributed by atoms with Crippen molar-refractivity contribution in [3.63, 3.8) is 0 Å². The highest BCUT2D eigenvalue weighted by atomic mass is 16.3. The average molecular weight is 333 g/mol. The first-order valence-electron chi connectivity index (χ1n) is 8.03. The molecule has 0 bridgehead atoms. The van der Waals surface area contributed by atoms with E-state index < -0.39 is 0 Å². The van der Waals surface area contributed by atoms with Crippen molar-refractivity contribution >= 4 is 12.5 Å². The summed E-state index contributed by atoms with van der Waals surface area (Å²) in [7, 11) is 0. The van der Waals surface area contributed by atoms with Gasteiger partial charge in [-0.3, -0.25) is 0 Å². The summed E-state index contributed by atoms with van der Waals surface area (Å²) < 4.78 is 0. The fourth-order valence-corrected chi connectivity index (χ4v) is 3.33. The zero-order valence-electron chi connectivity index (χ0n) is 13.5. The van der Waals surface area contributed by atoms with E-state index in [1.807, 2.05) is 6.07 Å². The molecule has 0 aliphatic carbocycles. The van der Waals surface area contributed by atoms with Crippen LogP contribution >= 0.6 is 0 Å². The molecular weight excluding hydrogens is 317 g/mol. The number of hydrogen-bond acceptors (Lipinski definition) is 7. The van der Waals surface area contributed by atoms with Gasteiger partial charge < -0.3 is 15.9 Å². The fourth-order valence-electron chi connectivity index (χ4n) is 3.33. The number of aromatic nitrogens is 2. The quantitative estimate of drug-likeness (QED) is 0.717. The number of rotatable bonds is 2. The summed E-state index contributed by atoms with van der Waals surface area (Å²) in [5, 5.41) is 38.8. The number of phenols is 2. The third-order valence-corrected chi connectivity index (χ3v) is 4.56. The minimum atomic E-state index is -0.173. The van der Waals surface area contributed by atoms with Gasteiger partial charge in [0.15, 0.2) is 5.82 Å². The van der Waals surface area contributed by atoms with Gasteiger partial charge in [0.1, 0.15) is 34.5 Å². The van der Waals surface area contributed by atoms with Crippen molar-refractivity contribution in [1.29, 1.82) is 10.5 Å². The molecule has 1 saturated heterocycles. The Morgan fingerprint density at radius 1 is 1.20 bits per heavy atom. The van der Waals surface area contributed by atoms with E-state index in [1.54, 1.807) is 0 Å². The first-order valence-corrected chi connectivity index (χ1v) is 8.03. The second kappa shape index (κ2) is 6.70. The van der Waals surface area contributed by atoms with Gasteiger partial charge in [0, 0.05) is 5.97 Å². The number of nitrogen functional groups attached to an aromatic ring is 1. The van der Waals surface area contributed by atoms with E-state index in [-0.39, 0.29) is 46.9 Å². The van der Waals surface area contributed by atoms with Crippen LogP contribution in [-0.2, 0) is 0 Å². The normalized spacial score (nSPS) is 16.9. The molecule has 4 N–H and O–H groups in total. The number of anilines is 1. The van der Waals surface area contributed by atoms with Crippen molar-refractivity contribution in [2.24, 2.45) is 0 Å². The Balaban J connectivity index is 2.14. The summed E-state index contributed by atoms with van der Waals surface area (Å²) in [5.74, 6) is 1.93. The summed E-state index contributed by atoms with van der Waals surface area (Å²) in [5.41, 5.74) is 6.69. The Bertz CT molecular complexity index is 883. The largest absolute Gasteiger partial charge is 0.507 e. The van der Waals surface area contributed by atoms with Crippen molar-refractivity contribution in [3.05, 3.63) is 29.5 Å². The molecule has 7 nitrogen and oxygen atoms in total. The van der Waals surface area contributed by atoms with Crippen molar-refractivity contribution < 1.29 is 10.2 Å². The molecule has 0 amide bonds. The summed E-state index contributed by atoms with van der Waals surface area (Å²) in [6.45, 7) is -0.0801. The van der Waals surface area contributed by atoms with Crippen LogP contribution in [0, 0.1) is 22.6 Å². The lowest BCUT2D eigenvalue weighted by atomic mass is 9.40. The van der Waals surface area contributed by atoms with Gasteiger partial charge in [0.25, 0.3) is 6.71 Å². The Kier molecular flexibility index (Phi) is 4.45. The fraction of sp³-hybridized carbons (Fsp3) is 0.294. The predicted molar refractivity (Wildman–Crippen MR) is 92.9 cm³/mol. The van der Waals surface area contributed by atoms with Gasteiger partial charge in [-0.1, -0.05) is 25.1 Å². The summed E-state index contributed by atoms with van der Waals surface area (Å²) in [4.78, 5) is 8.54. The number of hydrogen-bond donors (Lipinski definition) is 3. The van der Waals surface area contributed by atoms with Crippen LogP contribution in [0.4, 0.5) is 5.82 Å². The van der Waals surface area contributed by atoms with Gasteiger partial charge in [-0.05, 0) is 24.5 Å². The summed E-state index contributed by atoms with van der Waals surface area (Å²) in [6.07, 6.45) is 3.11. The van der Waals surface area contributed by atoms with E-state index in [2.05, 4.69) is 15.9 Å². The molecule has 124 valence electrons. The maximum atomic E-state index is 10.1. The van der Waals surface area contributed by atoms with Crippen molar-refractivity contribution in [2.45, 2.75) is 31.4 Å². The van der Waals surface area contributed by atoms with E-state index in [0.29, 0.717) is 12.0 Å². The highest BCUT2D eigenvalue weighted by Crippen LogP contribution is 2.39. The van der Waals surface area contributed by atoms with Crippen molar-refractivity contribution in [1.82, 2.24) is 9.97 Å². The smallest absolute Gasteiger partial charge is 0.268 e. The lowest BCUT2D eigenvalue weighted by molar-refractivity contribution is 0.453. The molecule has 1 fully saturated rings. The lowest BCUT2D eigenvalue weighted by Gasteiger charge is -2.24. The first kappa shape index (κ1) is 16.6. The minimum absolute atomic E-state index is 0.00392. The molecular formula is C17H16BN5O2. The van der Waals surface area contributed by atoms with Gasteiger partial charge in [-0.15, -0.1) is 0 Å². The molecule has 25 heavy (non-hydrogen) atoms. The number of benzene rings is 1. The molecule has 1 aliphatic heterocycles. The SMILES string of the molecule is N#CB1CCCC(c2nc(-c3c(O)cccc3O)nc(N)c2C#N)C1. The zero-order valence-corrected chi connectivity index (χ0v) is 13.5. The maximum Gasteiger partial charge on any atom is 0.268 e. The van der Waals surface area contributed by atoms with Crippen LogP contribution in [0.5, 0.6) is 11.5 Å². The van der Waals surface area contributed by atoms with E-state index in [0.717, 1.165) is 19.2 Å². The van der Waals surface area contributed by atoms with Crippen LogP contribution in [0.25, 0.3) is 11.4 Å². The summed E-state index contributed by atoms with van der Waals surface area (Å²) >= 11 is 0. The van der Waals surface area contributed by atoms with Crippen molar-refractivity contribution in [3.8, 4) is 34.9 Å². The molecule has 8 heteroatoms. The number of nitrogens with zero attached hydrogens (tertiary/aromatic N) is 4. The van der Waals surface area contributed by atoms with Crippen molar-refractivity contribution in [2.75, 3.05) is 5.73 Å². The average Bonchev–Trinajstić information content (AvgIpc) is 2.61. The Labute approximate surface area is 145 Å². The molecule has 1 aromatic carbocycles. The lowest BCUT2D eigenvalue weighted by Crippen LogP contribution is -2.22. The Morgan fingerprint density at radius 2 is 1.92 bits per heavy atom. The van der Waals surface area contributed by atoms with E-state index in [4.69, 9.17) is 5.73 Å². The van der Waals surface area contributed by atoms with Gasteiger partial charge >= 0.3 is 0 Å². The first-order chi connectivity index (χ1) is 12.0. The molecule has 3 rings (SSSR count). The Hall–Kier alpha value is -3.26. The molecule has 0 spiro atoms. The highest BCUT2D eigenvalue weighted by Gasteiger charge is 2.30. The van der Waals surface area contributed by atoms with Gasteiger partial charge in [0.2, 0.25) is 0 Å². The topological polar surface area (TPSA) is 140 Å². The highest BCUT2D eigenvalue weighted by molar-refractivity contribution is 6.67. The van der Waals surface area contributed by atoms with Gasteiger partial charge in [-0.2, -0.15) is 5.26 Å². The predicted octanol–water partition coefficient (Wildman–Crippen LogP) is 2.44. The van der Waals surface area contributed by atoms with Crippen LogP contribution < -0.4 is 5.73 Å². The molecule has 1 atom stereocenters. The van der Waals surface area contributed by atoms with Crippen LogP contribution in [-0.4, -0.2) is 26.9 Å². The van der Waals surface area contributed by atoms with E-state index in [1.165, 1.54) is 18.2 Å². The third-order valence-electron chi connectivity index (χ3n) is 4.56. The number of phenolic OH excluding ortho intramolecular Hbond substituents is 2. The zero-order chi connectivity index (χ0) is 18.0. The molecule has 0 radical (unpaired) electrons. The maximum absolute atomic E-state index is 10.1. The second-order valence-corrected chi connectivity index (χ2v) is 6.17. The van der Waals surface area contributed by atoms with E-state index >= 15 is 0 Å². The van der Waals surface area contributed by atoms with Gasteiger partial charge in [-0.25, -0.2) is 15.2 Å². The van der Waals surface area contributed by atoms with Crippen LogP contribution in [0.1, 0.15) is 30.0 Å². The molecule has 2 heterocycles. The number of nitriles is 2. The van der Waals surface area contributed by atoms with Crippen LogP contribution in [0.3, 0.4) is 0 Å². The monoisotopic (exact) mass is 333 g/mol. The van der Waals surface area contributed by atoms with Gasteiger partial charge in [0.05, 0.1) is 5.69 Å². The molecule has 1 unspecified atom stereocenters. The minimum Gasteiger partial charge on any atom is -0.507 e. The number of aromatic hydroxyl groups is 2. The van der Waals surface area contributed by atoms with E-state index in [9.17, 15) is 20.7 Å². The molecule has 0 saturated carbocycles. The Morgan fingerprint density at radius 3 is 2.56 bits per heavy atom.